The zero-order chi connectivity index (χ0) is 16.2. The largest absolute Gasteiger partial charge is 0.461 e. The van der Waals surface area contributed by atoms with E-state index in [0.29, 0.717) is 10.8 Å². The molecule has 9 heteroatoms. The van der Waals surface area contributed by atoms with E-state index in [2.05, 4.69) is 15.3 Å². The summed E-state index contributed by atoms with van der Waals surface area (Å²) in [5.41, 5.74) is 0.510. The number of thiazole rings is 2. The Labute approximate surface area is 143 Å². The standard InChI is InChI=1S/C14H11N3O3S3/c1-2-20-13(19)9-7-23-14(16-9)17-11(18)8-6-22-12(15-8)10-4-3-5-21-10/h3-7H,2H2,1H3,(H,16,17,18). The van der Waals surface area contributed by atoms with Crippen LogP contribution in [0.5, 0.6) is 0 Å². The van der Waals surface area contributed by atoms with E-state index in [1.807, 2.05) is 17.5 Å². The first-order valence-electron chi connectivity index (χ1n) is 6.60. The van der Waals surface area contributed by atoms with Crippen LogP contribution in [0.3, 0.4) is 0 Å². The van der Waals surface area contributed by atoms with E-state index in [1.54, 1.807) is 29.0 Å². The van der Waals surface area contributed by atoms with Crippen molar-refractivity contribution in [2.45, 2.75) is 6.92 Å². The van der Waals surface area contributed by atoms with Crippen LogP contribution in [0, 0.1) is 0 Å². The van der Waals surface area contributed by atoms with Gasteiger partial charge in [-0.3, -0.25) is 10.1 Å². The van der Waals surface area contributed by atoms with Gasteiger partial charge in [0.15, 0.2) is 10.8 Å². The zero-order valence-electron chi connectivity index (χ0n) is 11.9. The van der Waals surface area contributed by atoms with Gasteiger partial charge in [0.2, 0.25) is 0 Å². The average Bonchev–Trinajstić information content (AvgIpc) is 3.28. The van der Waals surface area contributed by atoms with Gasteiger partial charge >= 0.3 is 5.97 Å². The van der Waals surface area contributed by atoms with Crippen molar-refractivity contribution in [2.75, 3.05) is 11.9 Å². The van der Waals surface area contributed by atoms with Gasteiger partial charge in [-0.05, 0) is 18.4 Å². The highest BCUT2D eigenvalue weighted by Gasteiger charge is 2.16. The molecular weight excluding hydrogens is 354 g/mol. The second-order valence-electron chi connectivity index (χ2n) is 4.23. The summed E-state index contributed by atoms with van der Waals surface area (Å²) in [7, 11) is 0. The fourth-order valence-electron chi connectivity index (χ4n) is 1.68. The minimum Gasteiger partial charge on any atom is -0.461 e. The van der Waals surface area contributed by atoms with Crippen LogP contribution in [-0.4, -0.2) is 28.5 Å². The molecule has 1 N–H and O–H groups in total. The van der Waals surface area contributed by atoms with Gasteiger partial charge in [0.05, 0.1) is 11.5 Å². The molecule has 0 bridgehead atoms. The van der Waals surface area contributed by atoms with Gasteiger partial charge in [-0.1, -0.05) is 6.07 Å². The van der Waals surface area contributed by atoms with E-state index in [1.165, 1.54) is 22.7 Å². The maximum atomic E-state index is 12.2. The first kappa shape index (κ1) is 15.8. The number of amides is 1. The van der Waals surface area contributed by atoms with Crippen LogP contribution in [0.1, 0.15) is 27.9 Å². The van der Waals surface area contributed by atoms with E-state index >= 15 is 0 Å². The molecule has 3 rings (SSSR count). The van der Waals surface area contributed by atoms with Crippen molar-refractivity contribution in [1.82, 2.24) is 9.97 Å². The predicted octanol–water partition coefficient (Wildman–Crippen LogP) is 3.76. The van der Waals surface area contributed by atoms with Crippen LogP contribution in [0.4, 0.5) is 5.13 Å². The van der Waals surface area contributed by atoms with Gasteiger partial charge in [0.25, 0.3) is 5.91 Å². The Morgan fingerprint density at radius 3 is 2.74 bits per heavy atom. The molecule has 23 heavy (non-hydrogen) atoms. The minimum absolute atomic E-state index is 0.185. The number of hydrogen-bond donors (Lipinski definition) is 1. The summed E-state index contributed by atoms with van der Waals surface area (Å²) in [6, 6.07) is 3.89. The summed E-state index contributed by atoms with van der Waals surface area (Å²) in [6.45, 7) is 2.00. The van der Waals surface area contributed by atoms with Gasteiger partial charge < -0.3 is 4.74 Å². The molecule has 118 valence electrons. The molecule has 0 spiro atoms. The lowest BCUT2D eigenvalue weighted by atomic mass is 10.4. The van der Waals surface area contributed by atoms with Crippen molar-refractivity contribution in [3.63, 3.8) is 0 Å². The monoisotopic (exact) mass is 365 g/mol. The number of carbonyl (C=O) groups excluding carboxylic acids is 2. The number of aromatic nitrogens is 2. The Bertz CT molecular complexity index is 823. The van der Waals surface area contributed by atoms with Gasteiger partial charge in [0, 0.05) is 10.8 Å². The van der Waals surface area contributed by atoms with Gasteiger partial charge in [-0.25, -0.2) is 14.8 Å². The molecule has 0 aliphatic rings. The van der Waals surface area contributed by atoms with E-state index in [9.17, 15) is 9.59 Å². The van der Waals surface area contributed by atoms with Crippen LogP contribution in [0.2, 0.25) is 0 Å². The van der Waals surface area contributed by atoms with Gasteiger partial charge in [-0.15, -0.1) is 34.0 Å². The molecule has 3 aromatic rings. The molecule has 0 aromatic carbocycles. The Morgan fingerprint density at radius 2 is 2.00 bits per heavy atom. The maximum absolute atomic E-state index is 12.2. The lowest BCUT2D eigenvalue weighted by Crippen LogP contribution is -2.12. The van der Waals surface area contributed by atoms with Crippen LogP contribution < -0.4 is 5.32 Å². The lowest BCUT2D eigenvalue weighted by molar-refractivity contribution is 0.0520. The maximum Gasteiger partial charge on any atom is 0.357 e. The highest BCUT2D eigenvalue weighted by molar-refractivity contribution is 7.20. The molecule has 0 fully saturated rings. The number of anilines is 1. The summed E-state index contributed by atoms with van der Waals surface area (Å²) >= 11 is 4.15. The molecular formula is C14H11N3O3S3. The third-order valence-corrected chi connectivity index (χ3v) is 5.32. The first-order valence-corrected chi connectivity index (χ1v) is 9.24. The van der Waals surface area contributed by atoms with Crippen LogP contribution in [-0.2, 0) is 4.74 Å². The lowest BCUT2D eigenvalue weighted by Gasteiger charge is -1.98. The Morgan fingerprint density at radius 1 is 1.17 bits per heavy atom. The molecule has 0 atom stereocenters. The van der Waals surface area contributed by atoms with Crippen molar-refractivity contribution >= 4 is 51.0 Å². The Kier molecular flexibility index (Phi) is 4.79. The summed E-state index contributed by atoms with van der Waals surface area (Å²) in [5.74, 6) is -0.855. The van der Waals surface area contributed by atoms with Crippen molar-refractivity contribution in [2.24, 2.45) is 0 Å². The van der Waals surface area contributed by atoms with E-state index in [-0.39, 0.29) is 18.2 Å². The second kappa shape index (κ2) is 6.99. The fraction of sp³-hybridized carbons (Fsp3) is 0.143. The van der Waals surface area contributed by atoms with E-state index in [4.69, 9.17) is 4.74 Å². The fourth-order valence-corrected chi connectivity index (χ4v) is 3.97. The van der Waals surface area contributed by atoms with Gasteiger partial charge in [0.1, 0.15) is 10.7 Å². The van der Waals surface area contributed by atoms with Crippen LogP contribution in [0.25, 0.3) is 9.88 Å². The summed E-state index contributed by atoms with van der Waals surface area (Å²) in [4.78, 5) is 33.1. The number of rotatable bonds is 5. The van der Waals surface area contributed by atoms with E-state index in [0.717, 1.165) is 9.88 Å². The number of ether oxygens (including phenoxy) is 1. The number of nitrogens with zero attached hydrogens (tertiary/aromatic N) is 2. The average molecular weight is 365 g/mol. The third kappa shape index (κ3) is 3.63. The van der Waals surface area contributed by atoms with Crippen molar-refractivity contribution < 1.29 is 14.3 Å². The molecule has 0 radical (unpaired) electrons. The molecule has 0 aliphatic heterocycles. The van der Waals surface area contributed by atoms with Crippen molar-refractivity contribution in [3.05, 3.63) is 39.7 Å². The number of thiophene rings is 1. The van der Waals surface area contributed by atoms with Crippen LogP contribution >= 0.6 is 34.0 Å². The predicted molar refractivity (Wildman–Crippen MR) is 91.5 cm³/mol. The molecule has 3 aromatic heterocycles. The van der Waals surface area contributed by atoms with Crippen LogP contribution in [0.15, 0.2) is 28.3 Å². The molecule has 3 heterocycles. The topological polar surface area (TPSA) is 81.2 Å². The van der Waals surface area contributed by atoms with Crippen molar-refractivity contribution in [3.8, 4) is 9.88 Å². The van der Waals surface area contributed by atoms with E-state index < -0.39 is 5.97 Å². The molecule has 0 saturated heterocycles. The highest BCUT2D eigenvalue weighted by Crippen LogP contribution is 2.28. The third-order valence-electron chi connectivity index (χ3n) is 2.68. The summed E-state index contributed by atoms with van der Waals surface area (Å²) < 4.78 is 4.86. The Hall–Kier alpha value is -2.10. The number of esters is 1. The minimum atomic E-state index is -0.502. The van der Waals surface area contributed by atoms with Gasteiger partial charge in [-0.2, -0.15) is 0 Å². The van der Waals surface area contributed by atoms with Crippen molar-refractivity contribution in [1.29, 1.82) is 0 Å². The molecule has 0 saturated carbocycles. The zero-order valence-corrected chi connectivity index (χ0v) is 14.4. The number of nitrogens with one attached hydrogen (secondary N) is 1. The molecule has 0 aliphatic carbocycles. The first-order chi connectivity index (χ1) is 11.2. The number of carbonyl (C=O) groups is 2. The highest BCUT2D eigenvalue weighted by atomic mass is 32.1. The summed E-state index contributed by atoms with van der Waals surface area (Å²) in [6.07, 6.45) is 0. The molecule has 0 unspecified atom stereocenters. The SMILES string of the molecule is CCOC(=O)c1csc(NC(=O)c2csc(-c3cccs3)n2)n1. The second-order valence-corrected chi connectivity index (χ2v) is 6.89. The number of hydrogen-bond acceptors (Lipinski definition) is 8. The Balaban J connectivity index is 1.69. The quantitative estimate of drug-likeness (QED) is 0.696. The normalized spacial score (nSPS) is 10.5. The molecule has 6 nitrogen and oxygen atoms in total. The molecule has 1 amide bonds. The smallest absolute Gasteiger partial charge is 0.357 e. The summed E-state index contributed by atoms with van der Waals surface area (Å²) in [5, 5.41) is 8.99.